The molecule has 1 N–H and O–H groups in total. The van der Waals surface area contributed by atoms with Crippen LogP contribution >= 0.6 is 0 Å². The van der Waals surface area contributed by atoms with Crippen molar-refractivity contribution in [2.24, 2.45) is 0 Å². The summed E-state index contributed by atoms with van der Waals surface area (Å²) in [7, 11) is -2.42. The zero-order valence-corrected chi connectivity index (χ0v) is 19.2. The smallest absolute Gasteiger partial charge is 0.234 e. The Bertz CT molecular complexity index is 1250. The number of rotatable bonds is 6. The van der Waals surface area contributed by atoms with E-state index in [4.69, 9.17) is 18.6 Å². The SMILES string of the molecule is COc1cccc(-c2nc(S(=O)(=O)c3ccc4c(c3)OCCO4)c(NC3CCCCC3)o2)c1. The minimum atomic E-state index is -3.99. The Morgan fingerprint density at radius 1 is 1.00 bits per heavy atom. The predicted octanol–water partition coefficient (Wildman–Crippen LogP) is 4.70. The lowest BCUT2D eigenvalue weighted by Crippen LogP contribution is -2.23. The monoisotopic (exact) mass is 470 g/mol. The van der Waals surface area contributed by atoms with Crippen molar-refractivity contribution in [1.82, 2.24) is 4.98 Å². The Hall–Kier alpha value is -3.20. The van der Waals surface area contributed by atoms with E-state index in [-0.39, 0.29) is 27.7 Å². The summed E-state index contributed by atoms with van der Waals surface area (Å²) in [5.74, 6) is 1.93. The largest absolute Gasteiger partial charge is 0.497 e. The lowest BCUT2D eigenvalue weighted by Gasteiger charge is -2.22. The second kappa shape index (κ2) is 8.97. The summed E-state index contributed by atoms with van der Waals surface area (Å²) in [5, 5.41) is 3.17. The summed E-state index contributed by atoms with van der Waals surface area (Å²) >= 11 is 0. The fourth-order valence-electron chi connectivity index (χ4n) is 4.19. The van der Waals surface area contributed by atoms with E-state index >= 15 is 0 Å². The summed E-state index contributed by atoms with van der Waals surface area (Å²) < 4.78 is 49.7. The molecule has 2 heterocycles. The average Bonchev–Trinajstić information content (AvgIpc) is 3.29. The maximum atomic E-state index is 13.7. The molecule has 9 heteroatoms. The summed E-state index contributed by atoms with van der Waals surface area (Å²) in [5.41, 5.74) is 0.629. The number of methoxy groups -OCH3 is 1. The third-order valence-corrected chi connectivity index (χ3v) is 7.59. The van der Waals surface area contributed by atoms with Gasteiger partial charge in [-0.15, -0.1) is 0 Å². The lowest BCUT2D eigenvalue weighted by molar-refractivity contribution is 0.171. The number of fused-ring (bicyclic) bond motifs is 1. The molecule has 5 rings (SSSR count). The average molecular weight is 471 g/mol. The summed E-state index contributed by atoms with van der Waals surface area (Å²) in [6.07, 6.45) is 5.29. The van der Waals surface area contributed by atoms with Crippen molar-refractivity contribution in [2.75, 3.05) is 25.6 Å². The zero-order valence-electron chi connectivity index (χ0n) is 18.4. The minimum Gasteiger partial charge on any atom is -0.497 e. The van der Waals surface area contributed by atoms with Crippen LogP contribution in [0.15, 0.2) is 56.8 Å². The van der Waals surface area contributed by atoms with E-state index < -0.39 is 9.84 Å². The summed E-state index contributed by atoms with van der Waals surface area (Å²) in [4.78, 5) is 4.51. The van der Waals surface area contributed by atoms with Crippen LogP contribution in [-0.2, 0) is 9.84 Å². The molecule has 174 valence electrons. The molecule has 1 saturated carbocycles. The first-order valence-corrected chi connectivity index (χ1v) is 12.6. The molecular formula is C24H26N2O6S. The minimum absolute atomic E-state index is 0.0731. The number of hydrogen-bond donors (Lipinski definition) is 1. The number of sulfone groups is 1. The van der Waals surface area contributed by atoms with Gasteiger partial charge in [-0.3, -0.25) is 0 Å². The Kier molecular flexibility index (Phi) is 5.88. The first-order chi connectivity index (χ1) is 16.0. The van der Waals surface area contributed by atoms with Crippen LogP contribution in [0.2, 0.25) is 0 Å². The van der Waals surface area contributed by atoms with Crippen LogP contribution in [0.1, 0.15) is 32.1 Å². The molecule has 1 aliphatic carbocycles. The molecule has 8 nitrogen and oxygen atoms in total. The lowest BCUT2D eigenvalue weighted by atomic mass is 9.96. The molecule has 0 unspecified atom stereocenters. The molecule has 2 aliphatic rings. The topological polar surface area (TPSA) is 99.9 Å². The Morgan fingerprint density at radius 2 is 1.79 bits per heavy atom. The molecule has 33 heavy (non-hydrogen) atoms. The Labute approximate surface area is 192 Å². The third-order valence-electron chi connectivity index (χ3n) is 5.93. The molecule has 0 spiro atoms. The highest BCUT2D eigenvalue weighted by atomic mass is 32.2. The number of oxazole rings is 1. The molecule has 0 radical (unpaired) electrons. The number of anilines is 1. The molecule has 1 aliphatic heterocycles. The van der Waals surface area contributed by atoms with Crippen LogP contribution in [-0.4, -0.2) is 39.8 Å². The van der Waals surface area contributed by atoms with E-state index in [9.17, 15) is 8.42 Å². The second-order valence-corrected chi connectivity index (χ2v) is 10.0. The van der Waals surface area contributed by atoms with Crippen LogP contribution < -0.4 is 19.5 Å². The van der Waals surface area contributed by atoms with Crippen molar-refractivity contribution in [2.45, 2.75) is 48.1 Å². The highest BCUT2D eigenvalue weighted by Crippen LogP contribution is 2.38. The Balaban J connectivity index is 1.57. The molecule has 1 fully saturated rings. The zero-order chi connectivity index (χ0) is 22.8. The van der Waals surface area contributed by atoms with Crippen molar-refractivity contribution >= 4 is 15.7 Å². The summed E-state index contributed by atoms with van der Waals surface area (Å²) in [6, 6.07) is 11.9. The predicted molar refractivity (Wildman–Crippen MR) is 122 cm³/mol. The molecule has 0 bridgehead atoms. The van der Waals surface area contributed by atoms with E-state index in [0.29, 0.717) is 36.0 Å². The van der Waals surface area contributed by atoms with Gasteiger partial charge in [-0.05, 0) is 43.2 Å². The number of aromatic nitrogens is 1. The van der Waals surface area contributed by atoms with Gasteiger partial charge in [-0.2, -0.15) is 4.98 Å². The van der Waals surface area contributed by atoms with Gasteiger partial charge in [-0.25, -0.2) is 8.42 Å². The molecule has 0 saturated heterocycles. The molecule has 0 atom stereocenters. The fourth-order valence-corrected chi connectivity index (χ4v) is 5.47. The number of nitrogens with zero attached hydrogens (tertiary/aromatic N) is 1. The maximum absolute atomic E-state index is 13.7. The van der Waals surface area contributed by atoms with Gasteiger partial charge in [0, 0.05) is 17.7 Å². The highest BCUT2D eigenvalue weighted by Gasteiger charge is 2.31. The molecular weight excluding hydrogens is 444 g/mol. The first kappa shape index (κ1) is 21.6. The van der Waals surface area contributed by atoms with Crippen LogP contribution in [0.5, 0.6) is 17.2 Å². The third kappa shape index (κ3) is 4.37. The maximum Gasteiger partial charge on any atom is 0.234 e. The second-order valence-electron chi connectivity index (χ2n) is 8.17. The van der Waals surface area contributed by atoms with E-state index in [2.05, 4.69) is 10.3 Å². The summed E-state index contributed by atoms with van der Waals surface area (Å²) in [6.45, 7) is 0.802. The van der Waals surface area contributed by atoms with Gasteiger partial charge in [0.15, 0.2) is 11.5 Å². The van der Waals surface area contributed by atoms with Gasteiger partial charge in [-0.1, -0.05) is 25.3 Å². The van der Waals surface area contributed by atoms with Crippen LogP contribution in [0.25, 0.3) is 11.5 Å². The van der Waals surface area contributed by atoms with E-state index in [0.717, 1.165) is 25.7 Å². The number of nitrogens with one attached hydrogen (secondary N) is 1. The molecule has 0 amide bonds. The van der Waals surface area contributed by atoms with Gasteiger partial charge in [0.2, 0.25) is 26.6 Å². The van der Waals surface area contributed by atoms with Crippen LogP contribution in [0, 0.1) is 0 Å². The van der Waals surface area contributed by atoms with Crippen LogP contribution in [0.4, 0.5) is 5.88 Å². The van der Waals surface area contributed by atoms with E-state index in [1.807, 2.05) is 6.07 Å². The fraction of sp³-hybridized carbons (Fsp3) is 0.375. The van der Waals surface area contributed by atoms with Gasteiger partial charge >= 0.3 is 0 Å². The molecule has 1 aromatic heterocycles. The van der Waals surface area contributed by atoms with Crippen molar-refractivity contribution in [3.8, 4) is 28.7 Å². The number of benzene rings is 2. The van der Waals surface area contributed by atoms with Crippen molar-refractivity contribution in [1.29, 1.82) is 0 Å². The molecule has 3 aromatic rings. The van der Waals surface area contributed by atoms with Crippen molar-refractivity contribution < 1.29 is 27.0 Å². The van der Waals surface area contributed by atoms with Gasteiger partial charge < -0.3 is 23.9 Å². The number of ether oxygens (including phenoxy) is 3. The van der Waals surface area contributed by atoms with E-state index in [1.165, 1.54) is 18.6 Å². The van der Waals surface area contributed by atoms with Gasteiger partial charge in [0.1, 0.15) is 19.0 Å². The van der Waals surface area contributed by atoms with Crippen LogP contribution in [0.3, 0.4) is 0 Å². The van der Waals surface area contributed by atoms with Gasteiger partial charge in [0.05, 0.1) is 12.0 Å². The van der Waals surface area contributed by atoms with Crippen molar-refractivity contribution in [3.05, 3.63) is 42.5 Å². The van der Waals surface area contributed by atoms with Gasteiger partial charge in [0.25, 0.3) is 0 Å². The first-order valence-electron chi connectivity index (χ1n) is 11.1. The molecule has 2 aromatic carbocycles. The quantitative estimate of drug-likeness (QED) is 0.553. The standard InChI is InChI=1S/C24H26N2O6S/c1-29-18-9-5-6-16(14-18)22-26-24(23(32-22)25-17-7-3-2-4-8-17)33(27,28)19-10-11-20-21(15-19)31-13-12-30-20/h5-6,9-11,14-15,17,25H,2-4,7-8,12-13H2,1H3. The highest BCUT2D eigenvalue weighted by molar-refractivity contribution is 7.91. The Morgan fingerprint density at radius 3 is 2.58 bits per heavy atom. The normalized spacial score (nSPS) is 16.4. The number of hydrogen-bond acceptors (Lipinski definition) is 8. The van der Waals surface area contributed by atoms with Crippen molar-refractivity contribution in [3.63, 3.8) is 0 Å². The van der Waals surface area contributed by atoms with E-state index in [1.54, 1.807) is 31.4 Å².